The number of aryl methyl sites for hydroxylation is 1. The Bertz CT molecular complexity index is 1570. The number of likely N-dealkylation sites (tertiary alicyclic amines) is 1. The van der Waals surface area contributed by atoms with E-state index in [9.17, 15) is 18.8 Å². The zero-order chi connectivity index (χ0) is 27.7. The van der Waals surface area contributed by atoms with Crippen molar-refractivity contribution in [1.82, 2.24) is 29.6 Å². The van der Waals surface area contributed by atoms with Crippen LogP contribution in [0.2, 0.25) is 0 Å². The Morgan fingerprint density at radius 1 is 1.13 bits per heavy atom. The molecule has 0 spiro atoms. The van der Waals surface area contributed by atoms with Crippen LogP contribution in [0.15, 0.2) is 53.8 Å². The molecular formula is C27H26FN7O3S. The number of amides is 2. The second-order valence-corrected chi connectivity index (χ2v) is 10.1. The summed E-state index contributed by atoms with van der Waals surface area (Å²) in [5.74, 6) is -0.262. The summed E-state index contributed by atoms with van der Waals surface area (Å²) < 4.78 is 15.9. The van der Waals surface area contributed by atoms with E-state index < -0.39 is 24.0 Å². The summed E-state index contributed by atoms with van der Waals surface area (Å²) >= 11 is 1.43. The molecule has 0 unspecified atom stereocenters. The van der Waals surface area contributed by atoms with Crippen LogP contribution in [0, 0.1) is 6.92 Å². The number of thioether (sulfide) groups is 1. The van der Waals surface area contributed by atoms with Gasteiger partial charge in [-0.1, -0.05) is 12.1 Å². The number of rotatable bonds is 7. The Kier molecular flexibility index (Phi) is 7.38. The van der Waals surface area contributed by atoms with Crippen LogP contribution in [0.1, 0.15) is 29.7 Å². The molecule has 0 radical (unpaired) electrons. The molecule has 200 valence electrons. The van der Waals surface area contributed by atoms with E-state index in [1.807, 2.05) is 24.5 Å². The van der Waals surface area contributed by atoms with Crippen molar-refractivity contribution in [1.29, 1.82) is 0 Å². The molecule has 0 aliphatic carbocycles. The molecule has 1 aromatic carbocycles. The van der Waals surface area contributed by atoms with Gasteiger partial charge in [-0.05, 0) is 43.0 Å². The minimum Gasteiger partial charge on any atom is -0.326 e. The molecule has 39 heavy (non-hydrogen) atoms. The van der Waals surface area contributed by atoms with E-state index in [4.69, 9.17) is 0 Å². The molecule has 10 nitrogen and oxygen atoms in total. The largest absolute Gasteiger partial charge is 0.326 e. The molecule has 1 saturated heterocycles. The number of halogens is 1. The van der Waals surface area contributed by atoms with E-state index in [1.165, 1.54) is 28.3 Å². The van der Waals surface area contributed by atoms with Gasteiger partial charge in [0.1, 0.15) is 36.1 Å². The van der Waals surface area contributed by atoms with Gasteiger partial charge in [-0.25, -0.2) is 19.3 Å². The lowest BCUT2D eigenvalue weighted by Gasteiger charge is -2.23. The standard InChI is InChI=1S/C27H26FN7O3S/c1-15(36)26-20-9-17(18-11-29-16(2)30-12-18)7-8-21(20)35(33-26)14-25(37)34-13-19(28)10-22(34)27(38)32-23-5-4-6-24(31-23)39-3/h4-9,11-12,19,22H,10,13-14H2,1-3H3,(H,31,32,38)/t19-,22+/m1/s1. The van der Waals surface area contributed by atoms with E-state index in [0.29, 0.717) is 22.5 Å². The Labute approximate surface area is 228 Å². The third kappa shape index (κ3) is 5.51. The number of ketones is 1. The number of hydrogen-bond donors (Lipinski definition) is 1. The van der Waals surface area contributed by atoms with Crippen LogP contribution in [0.5, 0.6) is 0 Å². The van der Waals surface area contributed by atoms with Crippen LogP contribution in [-0.2, 0) is 16.1 Å². The number of carbonyl (C=O) groups is 3. The summed E-state index contributed by atoms with van der Waals surface area (Å²) in [5.41, 5.74) is 2.36. The zero-order valence-corrected chi connectivity index (χ0v) is 22.4. The van der Waals surface area contributed by atoms with Crippen molar-refractivity contribution in [3.05, 3.63) is 60.3 Å². The molecule has 4 heterocycles. The molecule has 1 N–H and O–H groups in total. The van der Waals surface area contributed by atoms with Crippen LogP contribution in [0.3, 0.4) is 0 Å². The fraction of sp³-hybridized carbons (Fsp3) is 0.296. The number of fused-ring (bicyclic) bond motifs is 1. The maximum absolute atomic E-state index is 14.5. The first kappa shape index (κ1) is 26.4. The molecular weight excluding hydrogens is 521 g/mol. The average molecular weight is 548 g/mol. The van der Waals surface area contributed by atoms with E-state index in [2.05, 4.69) is 25.4 Å². The first-order valence-corrected chi connectivity index (χ1v) is 13.5. The van der Waals surface area contributed by atoms with Gasteiger partial charge < -0.3 is 10.2 Å². The zero-order valence-electron chi connectivity index (χ0n) is 21.6. The van der Waals surface area contributed by atoms with E-state index in [-0.39, 0.29) is 31.0 Å². The summed E-state index contributed by atoms with van der Waals surface area (Å²) in [5, 5.41) is 8.41. The van der Waals surface area contributed by atoms with Crippen LogP contribution < -0.4 is 5.32 Å². The molecule has 5 rings (SSSR count). The SMILES string of the molecule is CSc1cccc(NC(=O)[C@@H]2C[C@@H](F)CN2C(=O)Cn2nc(C(C)=O)c3cc(-c4cnc(C)nc4)ccc32)n1. The average Bonchev–Trinajstić information content (AvgIpc) is 3.49. The van der Waals surface area contributed by atoms with Gasteiger partial charge >= 0.3 is 0 Å². The van der Waals surface area contributed by atoms with Gasteiger partial charge in [0.05, 0.1) is 17.1 Å². The number of alkyl halides is 1. The fourth-order valence-electron chi connectivity index (χ4n) is 4.62. The normalized spacial score (nSPS) is 17.0. The number of anilines is 1. The number of nitrogens with one attached hydrogen (secondary N) is 1. The lowest BCUT2D eigenvalue weighted by Crippen LogP contribution is -2.44. The number of Topliss-reactive ketones (excluding diaryl/α,β-unsaturated/α-hetero) is 1. The van der Waals surface area contributed by atoms with Crippen molar-refractivity contribution in [3.63, 3.8) is 0 Å². The predicted molar refractivity (Wildman–Crippen MR) is 145 cm³/mol. The monoisotopic (exact) mass is 547 g/mol. The second kappa shape index (κ2) is 10.9. The van der Waals surface area contributed by atoms with Crippen LogP contribution in [0.4, 0.5) is 10.2 Å². The quantitative estimate of drug-likeness (QED) is 0.275. The highest BCUT2D eigenvalue weighted by Gasteiger charge is 2.40. The summed E-state index contributed by atoms with van der Waals surface area (Å²) in [6.45, 7) is 2.74. The minimum atomic E-state index is -1.34. The molecule has 1 aliphatic heterocycles. The molecule has 4 aromatic rings. The highest BCUT2D eigenvalue weighted by Crippen LogP contribution is 2.28. The van der Waals surface area contributed by atoms with Crippen molar-refractivity contribution < 1.29 is 18.8 Å². The van der Waals surface area contributed by atoms with E-state index in [1.54, 1.807) is 37.5 Å². The molecule has 1 aliphatic rings. The van der Waals surface area contributed by atoms with Gasteiger partial charge in [0.15, 0.2) is 5.78 Å². The van der Waals surface area contributed by atoms with Crippen molar-refractivity contribution in [3.8, 4) is 11.1 Å². The predicted octanol–water partition coefficient (Wildman–Crippen LogP) is 3.70. The third-order valence-electron chi connectivity index (χ3n) is 6.54. The van der Waals surface area contributed by atoms with Crippen molar-refractivity contribution in [2.45, 2.75) is 44.1 Å². The van der Waals surface area contributed by atoms with Crippen LogP contribution >= 0.6 is 11.8 Å². The summed E-state index contributed by atoms with van der Waals surface area (Å²) in [6.07, 6.45) is 3.82. The highest BCUT2D eigenvalue weighted by atomic mass is 32.2. The number of hydrogen-bond acceptors (Lipinski definition) is 8. The summed E-state index contributed by atoms with van der Waals surface area (Å²) in [4.78, 5) is 52.8. The van der Waals surface area contributed by atoms with Gasteiger partial charge in [-0.3, -0.25) is 19.1 Å². The van der Waals surface area contributed by atoms with Crippen molar-refractivity contribution >= 4 is 46.1 Å². The molecule has 12 heteroatoms. The Balaban J connectivity index is 1.40. The maximum Gasteiger partial charge on any atom is 0.248 e. The first-order chi connectivity index (χ1) is 18.7. The Hall–Kier alpha value is -4.19. The van der Waals surface area contributed by atoms with Gasteiger partial charge in [-0.15, -0.1) is 11.8 Å². The molecule has 0 saturated carbocycles. The molecule has 2 atom stereocenters. The number of nitrogens with zero attached hydrogens (tertiary/aromatic N) is 6. The molecule has 3 aromatic heterocycles. The lowest BCUT2D eigenvalue weighted by atomic mass is 10.0. The van der Waals surface area contributed by atoms with E-state index >= 15 is 0 Å². The number of benzene rings is 1. The highest BCUT2D eigenvalue weighted by molar-refractivity contribution is 7.98. The fourth-order valence-corrected chi connectivity index (χ4v) is 5.02. The summed E-state index contributed by atoms with van der Waals surface area (Å²) in [6, 6.07) is 9.64. The van der Waals surface area contributed by atoms with Gasteiger partial charge in [0.25, 0.3) is 0 Å². The third-order valence-corrected chi connectivity index (χ3v) is 7.19. The maximum atomic E-state index is 14.5. The van der Waals surface area contributed by atoms with Gasteiger partial charge in [0, 0.05) is 36.7 Å². The lowest BCUT2D eigenvalue weighted by molar-refractivity contribution is -0.137. The van der Waals surface area contributed by atoms with Crippen molar-refractivity contribution in [2.75, 3.05) is 18.1 Å². The molecule has 2 amide bonds. The summed E-state index contributed by atoms with van der Waals surface area (Å²) in [7, 11) is 0. The number of aromatic nitrogens is 5. The first-order valence-electron chi connectivity index (χ1n) is 12.3. The van der Waals surface area contributed by atoms with Crippen molar-refractivity contribution in [2.24, 2.45) is 0 Å². The van der Waals surface area contributed by atoms with E-state index in [0.717, 1.165) is 16.2 Å². The number of pyridine rings is 1. The Morgan fingerprint density at radius 3 is 2.62 bits per heavy atom. The number of carbonyl (C=O) groups excluding carboxylic acids is 3. The minimum absolute atomic E-state index is 0.111. The Morgan fingerprint density at radius 2 is 1.90 bits per heavy atom. The second-order valence-electron chi connectivity index (χ2n) is 9.26. The van der Waals surface area contributed by atoms with Crippen LogP contribution in [0.25, 0.3) is 22.0 Å². The van der Waals surface area contributed by atoms with Gasteiger partial charge in [-0.2, -0.15) is 5.10 Å². The topological polar surface area (TPSA) is 123 Å². The molecule has 1 fully saturated rings. The van der Waals surface area contributed by atoms with Gasteiger partial charge in [0.2, 0.25) is 11.8 Å². The molecule has 0 bridgehead atoms. The van der Waals surface area contributed by atoms with Crippen LogP contribution in [-0.4, -0.2) is 72.2 Å². The smallest absolute Gasteiger partial charge is 0.248 e.